The fraction of sp³-hybridized carbons (Fsp3) is 0.0909. The van der Waals surface area contributed by atoms with Gasteiger partial charge in [-0.1, -0.05) is 36.4 Å². The van der Waals surface area contributed by atoms with Crippen LogP contribution in [0, 0.1) is 0 Å². The lowest BCUT2D eigenvalue weighted by atomic mass is 9.98. The fourth-order valence-corrected chi connectivity index (χ4v) is 3.10. The van der Waals surface area contributed by atoms with Gasteiger partial charge in [-0.25, -0.2) is 4.98 Å². The topological polar surface area (TPSA) is 46.0 Å². The molecule has 3 nitrogen and oxygen atoms in total. The van der Waals surface area contributed by atoms with Gasteiger partial charge in [0.05, 0.1) is 22.5 Å². The Morgan fingerprint density at radius 1 is 0.857 bits per heavy atom. The van der Waals surface area contributed by atoms with Crippen molar-refractivity contribution < 1.29 is 18.3 Å². The van der Waals surface area contributed by atoms with Crippen LogP contribution in [0.1, 0.15) is 22.9 Å². The predicted octanol–water partition coefficient (Wildman–Crippen LogP) is 5.40. The number of para-hydroxylation sites is 1. The zero-order valence-corrected chi connectivity index (χ0v) is 14.6. The first-order valence-electron chi connectivity index (χ1n) is 8.60. The molecule has 0 bridgehead atoms. The molecular weight excluding hydrogens is 365 g/mol. The second-order valence-corrected chi connectivity index (χ2v) is 6.35. The Labute approximate surface area is 159 Å². The highest BCUT2D eigenvalue weighted by atomic mass is 19.4. The third kappa shape index (κ3) is 3.46. The monoisotopic (exact) mass is 380 g/mol. The molecule has 0 saturated heterocycles. The van der Waals surface area contributed by atoms with E-state index >= 15 is 0 Å². The van der Waals surface area contributed by atoms with Crippen LogP contribution in [0.25, 0.3) is 22.2 Å². The van der Waals surface area contributed by atoms with Crippen molar-refractivity contribution >= 4 is 10.9 Å². The molecule has 1 unspecified atom stereocenters. The number of aromatic nitrogens is 2. The smallest absolute Gasteiger partial charge is 0.382 e. The van der Waals surface area contributed by atoms with E-state index in [4.69, 9.17) is 0 Å². The molecule has 0 amide bonds. The van der Waals surface area contributed by atoms with Gasteiger partial charge in [-0.3, -0.25) is 4.98 Å². The number of hydrogen-bond acceptors (Lipinski definition) is 3. The van der Waals surface area contributed by atoms with Crippen LogP contribution in [0.3, 0.4) is 0 Å². The normalized spacial score (nSPS) is 12.9. The van der Waals surface area contributed by atoms with Gasteiger partial charge >= 0.3 is 6.18 Å². The van der Waals surface area contributed by atoms with E-state index in [0.29, 0.717) is 28.0 Å². The minimum Gasteiger partial charge on any atom is -0.382 e. The highest BCUT2D eigenvalue weighted by molar-refractivity contribution is 5.86. The SMILES string of the molecule is OC(c1ccccn1)c1cc(-c2ccc(C(F)(F)F)cc2)nc2ccccc12. The van der Waals surface area contributed by atoms with Crippen LogP contribution < -0.4 is 0 Å². The molecule has 0 saturated carbocycles. The van der Waals surface area contributed by atoms with E-state index in [1.54, 1.807) is 36.5 Å². The number of aliphatic hydroxyl groups excluding tert-OH is 1. The highest BCUT2D eigenvalue weighted by Gasteiger charge is 2.30. The predicted molar refractivity (Wildman–Crippen MR) is 100 cm³/mol. The second-order valence-electron chi connectivity index (χ2n) is 6.35. The van der Waals surface area contributed by atoms with Gasteiger partial charge in [0.2, 0.25) is 0 Å². The van der Waals surface area contributed by atoms with E-state index in [1.165, 1.54) is 12.1 Å². The van der Waals surface area contributed by atoms with Crippen LogP contribution in [0.15, 0.2) is 79.0 Å². The molecule has 1 N–H and O–H groups in total. The number of nitrogens with zero attached hydrogens (tertiary/aromatic N) is 2. The lowest BCUT2D eigenvalue weighted by Crippen LogP contribution is -2.05. The van der Waals surface area contributed by atoms with Crippen LogP contribution >= 0.6 is 0 Å². The number of pyridine rings is 2. The van der Waals surface area contributed by atoms with Crippen LogP contribution in [-0.2, 0) is 6.18 Å². The molecule has 6 heteroatoms. The minimum absolute atomic E-state index is 0.484. The Morgan fingerprint density at radius 3 is 2.25 bits per heavy atom. The van der Waals surface area contributed by atoms with E-state index in [-0.39, 0.29) is 0 Å². The molecule has 0 aliphatic heterocycles. The average molecular weight is 380 g/mol. The van der Waals surface area contributed by atoms with Crippen LogP contribution in [0.4, 0.5) is 13.2 Å². The molecule has 0 spiro atoms. The number of aliphatic hydroxyl groups is 1. The van der Waals surface area contributed by atoms with E-state index in [1.807, 2.05) is 18.2 Å². The number of alkyl halides is 3. The quantitative estimate of drug-likeness (QED) is 0.518. The van der Waals surface area contributed by atoms with Crippen molar-refractivity contribution in [1.82, 2.24) is 9.97 Å². The maximum atomic E-state index is 12.8. The number of fused-ring (bicyclic) bond motifs is 1. The molecule has 0 aliphatic carbocycles. The van der Waals surface area contributed by atoms with Gasteiger partial charge < -0.3 is 5.11 Å². The average Bonchev–Trinajstić information content (AvgIpc) is 2.72. The van der Waals surface area contributed by atoms with Crippen molar-refractivity contribution in [3.05, 3.63) is 95.8 Å². The largest absolute Gasteiger partial charge is 0.416 e. The fourth-order valence-electron chi connectivity index (χ4n) is 3.10. The molecule has 4 rings (SSSR count). The van der Waals surface area contributed by atoms with Crippen molar-refractivity contribution in [2.75, 3.05) is 0 Å². The number of rotatable bonds is 3. The molecule has 1 atom stereocenters. The van der Waals surface area contributed by atoms with Crippen LogP contribution in [-0.4, -0.2) is 15.1 Å². The first-order valence-corrected chi connectivity index (χ1v) is 8.60. The first-order chi connectivity index (χ1) is 13.4. The molecule has 0 radical (unpaired) electrons. The van der Waals surface area contributed by atoms with Gasteiger partial charge in [-0.2, -0.15) is 13.2 Å². The summed E-state index contributed by atoms with van der Waals surface area (Å²) < 4.78 is 38.5. The summed E-state index contributed by atoms with van der Waals surface area (Å²) >= 11 is 0. The van der Waals surface area contributed by atoms with Gasteiger partial charge in [0, 0.05) is 17.1 Å². The first kappa shape index (κ1) is 18.1. The minimum atomic E-state index is -4.39. The lowest BCUT2D eigenvalue weighted by Gasteiger charge is -2.15. The number of hydrogen-bond donors (Lipinski definition) is 1. The van der Waals surface area contributed by atoms with Crippen molar-refractivity contribution in [2.45, 2.75) is 12.3 Å². The summed E-state index contributed by atoms with van der Waals surface area (Å²) in [6.07, 6.45) is -3.78. The Hall–Kier alpha value is -3.25. The van der Waals surface area contributed by atoms with Crippen molar-refractivity contribution in [3.63, 3.8) is 0 Å². The molecule has 28 heavy (non-hydrogen) atoms. The maximum Gasteiger partial charge on any atom is 0.416 e. The molecule has 2 aromatic carbocycles. The number of benzene rings is 2. The summed E-state index contributed by atoms with van der Waals surface area (Å²) in [5.41, 5.74) is 2.03. The van der Waals surface area contributed by atoms with Crippen LogP contribution in [0.2, 0.25) is 0 Å². The van der Waals surface area contributed by atoms with Gasteiger partial charge in [-0.15, -0.1) is 0 Å². The Balaban J connectivity index is 1.85. The van der Waals surface area contributed by atoms with E-state index in [2.05, 4.69) is 9.97 Å². The molecule has 4 aromatic rings. The third-order valence-electron chi connectivity index (χ3n) is 4.52. The Kier molecular flexibility index (Phi) is 4.57. The van der Waals surface area contributed by atoms with E-state index in [9.17, 15) is 18.3 Å². The zero-order chi connectivity index (χ0) is 19.7. The summed E-state index contributed by atoms with van der Waals surface area (Å²) in [6.45, 7) is 0. The van der Waals surface area contributed by atoms with Gasteiger partial charge in [0.15, 0.2) is 0 Å². The molecule has 140 valence electrons. The van der Waals surface area contributed by atoms with Gasteiger partial charge in [-0.05, 0) is 42.0 Å². The van der Waals surface area contributed by atoms with E-state index in [0.717, 1.165) is 17.5 Å². The molecular formula is C22H15F3N2O. The molecule has 2 heterocycles. The molecule has 2 aromatic heterocycles. The molecule has 0 aliphatic rings. The summed E-state index contributed by atoms with van der Waals surface area (Å²) in [5, 5.41) is 11.6. The van der Waals surface area contributed by atoms with Crippen LogP contribution in [0.5, 0.6) is 0 Å². The second kappa shape index (κ2) is 7.05. The highest BCUT2D eigenvalue weighted by Crippen LogP contribution is 2.33. The third-order valence-corrected chi connectivity index (χ3v) is 4.52. The Morgan fingerprint density at radius 2 is 1.57 bits per heavy atom. The summed E-state index contributed by atoms with van der Waals surface area (Å²) in [7, 11) is 0. The standard InChI is InChI=1S/C22H15F3N2O/c23-22(24,25)15-10-8-14(9-11-15)20-13-17(16-5-1-2-6-18(16)27-20)21(28)19-7-3-4-12-26-19/h1-13,21,28H. The summed E-state index contributed by atoms with van der Waals surface area (Å²) in [6, 6.07) is 19.1. The molecule has 0 fully saturated rings. The number of halogens is 3. The summed E-state index contributed by atoms with van der Waals surface area (Å²) in [5.74, 6) is 0. The zero-order valence-electron chi connectivity index (χ0n) is 14.6. The maximum absolute atomic E-state index is 12.8. The van der Waals surface area contributed by atoms with Crippen molar-refractivity contribution in [1.29, 1.82) is 0 Å². The van der Waals surface area contributed by atoms with Crippen molar-refractivity contribution in [3.8, 4) is 11.3 Å². The van der Waals surface area contributed by atoms with Gasteiger partial charge in [0.1, 0.15) is 6.10 Å². The van der Waals surface area contributed by atoms with Gasteiger partial charge in [0.25, 0.3) is 0 Å². The Bertz CT molecular complexity index is 1110. The van der Waals surface area contributed by atoms with E-state index < -0.39 is 17.8 Å². The van der Waals surface area contributed by atoms with Crippen molar-refractivity contribution in [2.24, 2.45) is 0 Å². The lowest BCUT2D eigenvalue weighted by molar-refractivity contribution is -0.137. The summed E-state index contributed by atoms with van der Waals surface area (Å²) in [4.78, 5) is 8.77.